The van der Waals surface area contributed by atoms with Crippen molar-refractivity contribution in [2.45, 2.75) is 86.9 Å². The van der Waals surface area contributed by atoms with Crippen LogP contribution < -0.4 is 16.4 Å². The number of hydrogen-bond acceptors (Lipinski definition) is 24. The fraction of sp³-hybridized carbons (Fsp3) is 0.821. The van der Waals surface area contributed by atoms with E-state index < -0.39 is 112 Å². The summed E-state index contributed by atoms with van der Waals surface area (Å²) in [5.74, 6) is -2.09. The Morgan fingerprint density at radius 1 is 0.621 bits per heavy atom. The largest absolute Gasteiger partial charge is 0.456 e. The zero-order valence-corrected chi connectivity index (χ0v) is 31.3. The van der Waals surface area contributed by atoms with E-state index in [9.17, 15) is 54.3 Å². The van der Waals surface area contributed by atoms with Gasteiger partial charge in [-0.3, -0.25) is 24.0 Å². The number of carbonyl (C=O) groups is 5. The van der Waals surface area contributed by atoms with Crippen molar-refractivity contribution in [1.29, 1.82) is 0 Å². The fourth-order valence-corrected chi connectivity index (χ4v) is 6.15. The number of carbonyl (C=O) groups excluding carboxylic acids is 5. The average Bonchev–Trinajstić information content (AvgIpc) is 4.00. The van der Waals surface area contributed by atoms with E-state index in [0.717, 1.165) is 0 Å². The maximum Gasteiger partial charge on any atom is 0.303 e. The summed E-state index contributed by atoms with van der Waals surface area (Å²) in [6, 6.07) is -1.08. The summed E-state index contributed by atoms with van der Waals surface area (Å²) < 4.78 is 40.5. The van der Waals surface area contributed by atoms with E-state index in [1.54, 1.807) is 0 Å². The minimum Gasteiger partial charge on any atom is -0.456 e. The Hall–Kier alpha value is -4.88. The number of nitrogens with zero attached hydrogens (tertiary/aromatic N) is 3. The van der Waals surface area contributed by atoms with E-state index >= 15 is 0 Å². The van der Waals surface area contributed by atoms with Crippen LogP contribution in [-0.2, 0) is 76.4 Å². The van der Waals surface area contributed by atoms with E-state index in [1.165, 1.54) is 13.8 Å². The van der Waals surface area contributed by atoms with Gasteiger partial charge >= 0.3 is 11.9 Å². The predicted octanol–water partition coefficient (Wildman–Crippen LogP) is -4.75. The van der Waals surface area contributed by atoms with E-state index in [-0.39, 0.29) is 57.9 Å². The molecule has 0 unspecified atom stereocenters. The first kappa shape index (κ1) is 47.5. The molecule has 0 spiro atoms. The normalized spacial score (nSPS) is 32.0. The van der Waals surface area contributed by atoms with Crippen molar-refractivity contribution in [2.75, 3.05) is 59.5 Å². The van der Waals surface area contributed by atoms with Crippen LogP contribution in [0.5, 0.6) is 0 Å². The van der Waals surface area contributed by atoms with Crippen LogP contribution >= 0.6 is 11.6 Å². The highest BCUT2D eigenvalue weighted by Crippen LogP contribution is 2.30. The number of amides is 2. The first-order valence-electron chi connectivity index (χ1n) is 16.9. The smallest absolute Gasteiger partial charge is 0.303 e. The highest BCUT2D eigenvalue weighted by atomic mass is 35.5. The lowest BCUT2D eigenvalue weighted by Crippen LogP contribution is -2.45. The number of esters is 2. The molecular weight excluding hydrogens is 824 g/mol. The van der Waals surface area contributed by atoms with Crippen molar-refractivity contribution >= 4 is 40.6 Å². The third kappa shape index (κ3) is 14.8. The molecule has 12 atom stereocenters. The molecule has 0 aromatic carbocycles. The molecule has 0 aromatic heterocycles. The van der Waals surface area contributed by atoms with Crippen LogP contribution in [-0.4, -0.2) is 182 Å². The second kappa shape index (κ2) is 22.9. The first-order chi connectivity index (χ1) is 27.4. The second-order valence-electron chi connectivity index (χ2n) is 12.5. The van der Waals surface area contributed by atoms with Crippen LogP contribution in [0.2, 0.25) is 0 Å². The van der Waals surface area contributed by atoms with Gasteiger partial charge in [0.1, 0.15) is 43.2 Å². The van der Waals surface area contributed by atoms with Gasteiger partial charge in [0.25, 0.3) is 26.4 Å². The molecule has 6 fully saturated rings. The highest BCUT2D eigenvalue weighted by Gasteiger charge is 2.51. The molecule has 0 saturated carbocycles. The SMILES string of the molecule is CC(=O)OCC(=O)Cl.CC(=O)OCC(=O)N[C@@H]1CO[C@H]2[C@@H]1OC[C@@H]2O[N+](=O)[O-].N[C@@H]1CO[C@H]2[C@@H]1OC[C@@H]2O[N+](=O)[O-].O=C(CO)N[C@@H]1CO[C@H]2[C@@H]1OC[C@@H]2O[N+](=O)[O-]. The molecule has 0 aromatic rings. The van der Waals surface area contributed by atoms with Crippen LogP contribution in [0.3, 0.4) is 0 Å². The van der Waals surface area contributed by atoms with E-state index in [2.05, 4.69) is 34.6 Å². The Morgan fingerprint density at radius 3 is 1.36 bits per heavy atom. The number of halogens is 1. The first-order valence-corrected chi connectivity index (χ1v) is 17.3. The summed E-state index contributed by atoms with van der Waals surface area (Å²) in [4.78, 5) is 96.7. The van der Waals surface area contributed by atoms with Crippen molar-refractivity contribution in [1.82, 2.24) is 10.6 Å². The summed E-state index contributed by atoms with van der Waals surface area (Å²) in [6.45, 7) is 1.99. The molecule has 0 radical (unpaired) electrons. The molecule has 29 nitrogen and oxygen atoms in total. The minimum absolute atomic E-state index is 0.0205. The zero-order valence-electron chi connectivity index (χ0n) is 30.5. The molecule has 0 aliphatic carbocycles. The molecular formula is C28H41ClN6O23. The Balaban J connectivity index is 0.000000216. The van der Waals surface area contributed by atoms with Crippen molar-refractivity contribution in [3.63, 3.8) is 0 Å². The second-order valence-corrected chi connectivity index (χ2v) is 12.9. The Bertz CT molecular complexity index is 1470. The molecule has 6 aliphatic heterocycles. The molecule has 30 heteroatoms. The van der Waals surface area contributed by atoms with Gasteiger partial charge in [-0.05, 0) is 11.6 Å². The molecule has 5 N–H and O–H groups in total. The molecule has 6 heterocycles. The maximum absolute atomic E-state index is 11.5. The van der Waals surface area contributed by atoms with Crippen LogP contribution in [0, 0.1) is 30.3 Å². The molecule has 58 heavy (non-hydrogen) atoms. The minimum atomic E-state index is -0.896. The third-order valence-corrected chi connectivity index (χ3v) is 8.47. The number of rotatable bonds is 13. The summed E-state index contributed by atoms with van der Waals surface area (Å²) in [5.41, 5.74) is 5.64. The van der Waals surface area contributed by atoms with Crippen molar-refractivity contribution in [3.8, 4) is 0 Å². The number of aliphatic hydroxyl groups excluding tert-OH is 1. The predicted molar refractivity (Wildman–Crippen MR) is 177 cm³/mol. The lowest BCUT2D eigenvalue weighted by Gasteiger charge is -2.17. The number of aliphatic hydroxyl groups is 1. The topological polar surface area (TPSA) is 387 Å². The summed E-state index contributed by atoms with van der Waals surface area (Å²) in [6.07, 6.45) is -5.00. The number of ether oxygens (including phenoxy) is 8. The van der Waals surface area contributed by atoms with Gasteiger partial charge in [-0.2, -0.15) is 0 Å². The van der Waals surface area contributed by atoms with Crippen molar-refractivity contribution in [3.05, 3.63) is 30.3 Å². The monoisotopic (exact) mass is 864 g/mol. The Morgan fingerprint density at radius 2 is 0.983 bits per heavy atom. The Labute approximate surface area is 330 Å². The lowest BCUT2D eigenvalue weighted by atomic mass is 10.1. The van der Waals surface area contributed by atoms with Gasteiger partial charge in [0.05, 0.1) is 57.8 Å². The average molecular weight is 865 g/mol. The number of nitrogens with one attached hydrogen (secondary N) is 2. The molecule has 6 aliphatic rings. The highest BCUT2D eigenvalue weighted by molar-refractivity contribution is 6.64. The van der Waals surface area contributed by atoms with Gasteiger partial charge in [0.15, 0.2) is 31.5 Å². The molecule has 2 amide bonds. The summed E-state index contributed by atoms with van der Waals surface area (Å²) in [5, 5.41) is 41.0. The summed E-state index contributed by atoms with van der Waals surface area (Å²) >= 11 is 4.81. The van der Waals surface area contributed by atoms with E-state index in [1.807, 2.05) is 0 Å². The summed E-state index contributed by atoms with van der Waals surface area (Å²) in [7, 11) is 0. The van der Waals surface area contributed by atoms with Gasteiger partial charge < -0.3 is 73.9 Å². The third-order valence-electron chi connectivity index (χ3n) is 8.36. The molecule has 6 rings (SSSR count). The number of fused-ring (bicyclic) bond motifs is 3. The van der Waals surface area contributed by atoms with Gasteiger partial charge in [0.2, 0.25) is 5.91 Å². The van der Waals surface area contributed by atoms with Crippen LogP contribution in [0.4, 0.5) is 0 Å². The van der Waals surface area contributed by atoms with Crippen LogP contribution in [0.15, 0.2) is 0 Å². The van der Waals surface area contributed by atoms with E-state index in [4.69, 9.17) is 50.9 Å². The number of hydrogen-bond donors (Lipinski definition) is 4. The van der Waals surface area contributed by atoms with Crippen molar-refractivity contribution in [2.24, 2.45) is 5.73 Å². The zero-order chi connectivity index (χ0) is 43.1. The van der Waals surface area contributed by atoms with Crippen molar-refractivity contribution < 1.29 is 96.7 Å². The molecule has 6 saturated heterocycles. The lowest BCUT2D eigenvalue weighted by molar-refractivity contribution is -0.769. The fourth-order valence-electron chi connectivity index (χ4n) is 6.10. The Kier molecular flexibility index (Phi) is 18.8. The van der Waals surface area contributed by atoms with Crippen LogP contribution in [0.1, 0.15) is 13.8 Å². The van der Waals surface area contributed by atoms with Gasteiger partial charge in [-0.25, -0.2) is 0 Å². The van der Waals surface area contributed by atoms with Gasteiger partial charge in [-0.1, -0.05) is 0 Å². The van der Waals surface area contributed by atoms with Crippen LogP contribution in [0.25, 0.3) is 0 Å². The quantitative estimate of drug-likeness (QED) is 0.0584. The molecule has 0 bridgehead atoms. The van der Waals surface area contributed by atoms with Gasteiger partial charge in [0, 0.05) is 13.8 Å². The van der Waals surface area contributed by atoms with Gasteiger partial charge in [-0.15, -0.1) is 30.3 Å². The van der Waals surface area contributed by atoms with E-state index in [0.29, 0.717) is 6.61 Å². The standard InChI is InChI=1S/C10H14N2O8.C8H12N2O7.C6H10N2O5.C4H5ClO3/c1-5(13)17-4-8(14)11-6-2-18-10-7(20-12(15)16)3-19-9(6)10;11-1-6(12)9-4-2-15-8-5(17-10(13)14)3-16-7(4)8;7-3-1-11-6-4(13-8(9)10)2-12-5(3)6;1-3(6)8-2-4(5)7/h6-7,9-10H,2-4H2,1H3,(H,11,14);4-5,7-8,11H,1-3H2,(H,9,12);3-6H,1-2,7H2;2H2,1H3/t6-,7+,9-,10-;4-,5+,7-,8-;3-,4+,5-,6-;/m111./s1. The maximum atomic E-state index is 11.5. The number of nitrogens with two attached hydrogens (primary N) is 1. The molecule has 328 valence electrons.